The fourth-order valence-corrected chi connectivity index (χ4v) is 2.08. The Hall–Kier alpha value is -1.14. The summed E-state index contributed by atoms with van der Waals surface area (Å²) in [6.45, 7) is 1.83. The smallest absolute Gasteiger partial charge is 0.255 e. The highest BCUT2D eigenvalue weighted by Gasteiger charge is 2.10. The number of halogens is 3. The molecule has 0 bridgehead atoms. The summed E-state index contributed by atoms with van der Waals surface area (Å²) in [5.74, 6) is -0.849. The summed E-state index contributed by atoms with van der Waals surface area (Å²) in [4.78, 5) is 12.0. The number of hydrogen-bond donors (Lipinski definition) is 1. The van der Waals surface area contributed by atoms with E-state index in [1.807, 2.05) is 6.92 Å². The maximum absolute atomic E-state index is 13.5. The maximum Gasteiger partial charge on any atom is 0.255 e. The molecule has 19 heavy (non-hydrogen) atoms. The number of hydrogen-bond acceptors (Lipinski definition) is 1. The zero-order valence-electron chi connectivity index (χ0n) is 10.0. The van der Waals surface area contributed by atoms with Crippen LogP contribution in [0.4, 0.5) is 10.1 Å². The Morgan fingerprint density at radius 2 is 2.00 bits per heavy atom. The summed E-state index contributed by atoms with van der Waals surface area (Å²) >= 11 is 8.03. The van der Waals surface area contributed by atoms with Gasteiger partial charge in [-0.15, -0.1) is 0 Å². The monoisotopic (exact) mass is 389 g/mol. The lowest BCUT2D eigenvalue weighted by atomic mass is 10.2. The van der Waals surface area contributed by atoms with Crippen LogP contribution >= 0.6 is 34.2 Å². The number of rotatable bonds is 2. The van der Waals surface area contributed by atoms with Crippen molar-refractivity contribution in [1.29, 1.82) is 0 Å². The minimum Gasteiger partial charge on any atom is -0.319 e. The van der Waals surface area contributed by atoms with E-state index in [1.54, 1.807) is 30.3 Å². The van der Waals surface area contributed by atoms with E-state index in [0.717, 1.165) is 9.13 Å². The third-order valence-electron chi connectivity index (χ3n) is 2.55. The lowest BCUT2D eigenvalue weighted by Gasteiger charge is -2.08. The lowest BCUT2D eigenvalue weighted by molar-refractivity contribution is 0.102. The van der Waals surface area contributed by atoms with Gasteiger partial charge < -0.3 is 5.32 Å². The quantitative estimate of drug-likeness (QED) is 0.745. The average Bonchev–Trinajstić information content (AvgIpc) is 2.37. The molecule has 0 spiro atoms. The number of anilines is 1. The molecule has 1 N–H and O–H groups in total. The van der Waals surface area contributed by atoms with Crippen LogP contribution in [-0.4, -0.2) is 5.91 Å². The molecule has 0 saturated heterocycles. The third kappa shape index (κ3) is 3.45. The lowest BCUT2D eigenvalue weighted by Crippen LogP contribution is -2.13. The largest absolute Gasteiger partial charge is 0.319 e. The van der Waals surface area contributed by atoms with Crippen molar-refractivity contribution < 1.29 is 9.18 Å². The van der Waals surface area contributed by atoms with E-state index in [2.05, 4.69) is 27.9 Å². The van der Waals surface area contributed by atoms with Crippen molar-refractivity contribution in [3.05, 3.63) is 61.9 Å². The zero-order chi connectivity index (χ0) is 14.0. The number of carbonyl (C=O) groups is 1. The number of nitrogens with one attached hydrogen (secondary N) is 1. The Kier molecular flexibility index (Phi) is 4.42. The van der Waals surface area contributed by atoms with Crippen LogP contribution in [0.1, 0.15) is 15.9 Å². The van der Waals surface area contributed by atoms with Crippen LogP contribution in [0.3, 0.4) is 0 Å². The molecular formula is C14H10ClFINO. The molecule has 2 rings (SSSR count). The summed E-state index contributed by atoms with van der Waals surface area (Å²) in [7, 11) is 0. The average molecular weight is 390 g/mol. The topological polar surface area (TPSA) is 29.1 Å². The van der Waals surface area contributed by atoms with Gasteiger partial charge in [0.05, 0.1) is 10.7 Å². The molecule has 0 heterocycles. The van der Waals surface area contributed by atoms with Gasteiger partial charge in [0.15, 0.2) is 0 Å². The molecule has 2 aromatic carbocycles. The first-order valence-corrected chi connectivity index (χ1v) is 6.95. The Bertz CT molecular complexity index is 645. The number of amides is 1. The van der Waals surface area contributed by atoms with Crippen LogP contribution < -0.4 is 5.32 Å². The predicted octanol–water partition coefficient (Wildman–Crippen LogP) is 4.64. The SMILES string of the molecule is Cc1ccc(F)c(NC(=O)c2ccc(I)c(Cl)c2)c1. The van der Waals surface area contributed by atoms with Gasteiger partial charge in [0.25, 0.3) is 5.91 Å². The molecule has 0 aromatic heterocycles. The highest BCUT2D eigenvalue weighted by molar-refractivity contribution is 14.1. The minimum atomic E-state index is -0.462. The van der Waals surface area contributed by atoms with Crippen LogP contribution in [0, 0.1) is 16.3 Å². The van der Waals surface area contributed by atoms with Gasteiger partial charge in [-0.05, 0) is 65.4 Å². The highest BCUT2D eigenvalue weighted by atomic mass is 127. The van der Waals surface area contributed by atoms with Crippen LogP contribution in [-0.2, 0) is 0 Å². The van der Waals surface area contributed by atoms with Gasteiger partial charge in [0.2, 0.25) is 0 Å². The van der Waals surface area contributed by atoms with Gasteiger partial charge in [-0.1, -0.05) is 17.7 Å². The molecule has 5 heteroatoms. The Labute approximate surface area is 129 Å². The molecule has 2 nitrogen and oxygen atoms in total. The fraction of sp³-hybridized carbons (Fsp3) is 0.0714. The summed E-state index contributed by atoms with van der Waals surface area (Å²) in [6.07, 6.45) is 0. The van der Waals surface area contributed by atoms with Gasteiger partial charge in [0.1, 0.15) is 5.82 Å². The van der Waals surface area contributed by atoms with Gasteiger partial charge in [-0.25, -0.2) is 4.39 Å². The second-order valence-corrected chi connectivity index (χ2v) is 5.64. The van der Waals surface area contributed by atoms with Crippen LogP contribution in [0.25, 0.3) is 0 Å². The van der Waals surface area contributed by atoms with Crippen molar-refractivity contribution in [3.8, 4) is 0 Å². The fourth-order valence-electron chi connectivity index (χ4n) is 1.57. The Morgan fingerprint density at radius 3 is 2.68 bits per heavy atom. The molecule has 0 atom stereocenters. The molecule has 0 aliphatic heterocycles. The van der Waals surface area contributed by atoms with Gasteiger partial charge >= 0.3 is 0 Å². The third-order valence-corrected chi connectivity index (χ3v) is 4.12. The first kappa shape index (κ1) is 14.3. The molecule has 98 valence electrons. The molecule has 0 saturated carbocycles. The standard InChI is InChI=1S/C14H10ClFINO/c1-8-2-4-11(16)13(6-8)18-14(19)9-3-5-12(17)10(15)7-9/h2-7H,1H3,(H,18,19). The van der Waals surface area contributed by atoms with Crippen molar-refractivity contribution in [2.45, 2.75) is 6.92 Å². The van der Waals surface area contributed by atoms with E-state index in [1.165, 1.54) is 6.07 Å². The maximum atomic E-state index is 13.5. The van der Waals surface area contributed by atoms with E-state index in [9.17, 15) is 9.18 Å². The van der Waals surface area contributed by atoms with Crippen molar-refractivity contribution in [2.24, 2.45) is 0 Å². The van der Waals surface area contributed by atoms with Crippen molar-refractivity contribution in [3.63, 3.8) is 0 Å². The Balaban J connectivity index is 2.25. The normalized spacial score (nSPS) is 10.3. The predicted molar refractivity (Wildman–Crippen MR) is 83.3 cm³/mol. The first-order valence-electron chi connectivity index (χ1n) is 5.50. The highest BCUT2D eigenvalue weighted by Crippen LogP contribution is 2.21. The molecule has 1 amide bonds. The summed E-state index contributed by atoms with van der Waals surface area (Å²) < 4.78 is 14.4. The van der Waals surface area contributed by atoms with Crippen molar-refractivity contribution in [2.75, 3.05) is 5.32 Å². The van der Waals surface area contributed by atoms with Crippen LogP contribution in [0.2, 0.25) is 5.02 Å². The van der Waals surface area contributed by atoms with E-state index >= 15 is 0 Å². The van der Waals surface area contributed by atoms with Gasteiger partial charge in [-0.2, -0.15) is 0 Å². The first-order chi connectivity index (χ1) is 8.97. The van der Waals surface area contributed by atoms with E-state index in [-0.39, 0.29) is 11.6 Å². The molecule has 0 radical (unpaired) electrons. The van der Waals surface area contributed by atoms with Gasteiger partial charge in [-0.3, -0.25) is 4.79 Å². The molecule has 2 aromatic rings. The second kappa shape index (κ2) is 5.88. The second-order valence-electron chi connectivity index (χ2n) is 4.07. The van der Waals surface area contributed by atoms with Crippen LogP contribution in [0.15, 0.2) is 36.4 Å². The molecule has 0 aliphatic carbocycles. The molecule has 0 unspecified atom stereocenters. The van der Waals surface area contributed by atoms with Crippen LogP contribution in [0.5, 0.6) is 0 Å². The number of carbonyl (C=O) groups excluding carboxylic acids is 1. The summed E-state index contributed by atoms with van der Waals surface area (Å²) in [5, 5.41) is 3.04. The van der Waals surface area contributed by atoms with E-state index in [4.69, 9.17) is 11.6 Å². The molecule has 0 fully saturated rings. The van der Waals surface area contributed by atoms with E-state index < -0.39 is 5.82 Å². The minimum absolute atomic E-state index is 0.166. The summed E-state index contributed by atoms with van der Waals surface area (Å²) in [5.41, 5.74) is 1.43. The molecular weight excluding hydrogens is 380 g/mol. The number of aryl methyl sites for hydroxylation is 1. The molecule has 0 aliphatic rings. The summed E-state index contributed by atoms with van der Waals surface area (Å²) in [6, 6.07) is 9.51. The Morgan fingerprint density at radius 1 is 1.26 bits per heavy atom. The zero-order valence-corrected chi connectivity index (χ0v) is 12.9. The number of benzene rings is 2. The van der Waals surface area contributed by atoms with Crippen molar-refractivity contribution in [1.82, 2.24) is 0 Å². The van der Waals surface area contributed by atoms with Gasteiger partial charge in [0, 0.05) is 9.13 Å². The van der Waals surface area contributed by atoms with E-state index in [0.29, 0.717) is 10.6 Å². The van der Waals surface area contributed by atoms with Crippen molar-refractivity contribution >= 4 is 45.8 Å².